The molecule has 0 saturated heterocycles. The lowest BCUT2D eigenvalue weighted by Gasteiger charge is -2.07. The maximum atomic E-state index is 12.3. The van der Waals surface area contributed by atoms with Crippen LogP contribution in [0.3, 0.4) is 0 Å². The van der Waals surface area contributed by atoms with Gasteiger partial charge in [-0.1, -0.05) is 37.3 Å². The summed E-state index contributed by atoms with van der Waals surface area (Å²) in [5, 5.41) is 1.58. The fourth-order valence-electron chi connectivity index (χ4n) is 2.91. The molecule has 0 aliphatic carbocycles. The number of rotatable bonds is 4. The van der Waals surface area contributed by atoms with Crippen molar-refractivity contribution in [3.8, 4) is 0 Å². The van der Waals surface area contributed by atoms with Gasteiger partial charge in [0.15, 0.2) is 0 Å². The van der Waals surface area contributed by atoms with Gasteiger partial charge in [-0.25, -0.2) is 9.59 Å². The smallest absolute Gasteiger partial charge is 0.374 e. The Morgan fingerprint density at radius 3 is 2.65 bits per heavy atom. The van der Waals surface area contributed by atoms with E-state index in [2.05, 4.69) is 0 Å². The van der Waals surface area contributed by atoms with E-state index >= 15 is 0 Å². The number of carbonyl (C=O) groups excluding carboxylic acids is 1. The predicted molar refractivity (Wildman–Crippen MR) is 97.2 cm³/mol. The van der Waals surface area contributed by atoms with Gasteiger partial charge in [-0.3, -0.25) is 0 Å². The van der Waals surface area contributed by atoms with Crippen molar-refractivity contribution in [2.45, 2.75) is 20.0 Å². The SMILES string of the molecule is CCc1ccc2c(COC(=O)c3cc4ccccc4o3)cc(=O)oc2c1. The Balaban J connectivity index is 1.60. The summed E-state index contributed by atoms with van der Waals surface area (Å²) >= 11 is 0. The lowest BCUT2D eigenvalue weighted by molar-refractivity contribution is 0.0440. The van der Waals surface area contributed by atoms with Crippen LogP contribution in [0.4, 0.5) is 0 Å². The highest BCUT2D eigenvalue weighted by molar-refractivity contribution is 5.92. The molecule has 0 saturated carbocycles. The number of esters is 1. The van der Waals surface area contributed by atoms with Gasteiger partial charge in [0.25, 0.3) is 0 Å². The summed E-state index contributed by atoms with van der Waals surface area (Å²) in [6, 6.07) is 16.0. The molecule has 0 spiro atoms. The molecule has 0 amide bonds. The second-order valence-electron chi connectivity index (χ2n) is 6.00. The van der Waals surface area contributed by atoms with E-state index in [1.165, 1.54) is 6.07 Å². The molecule has 0 fully saturated rings. The second-order valence-corrected chi connectivity index (χ2v) is 6.00. The normalized spacial score (nSPS) is 11.1. The Labute approximate surface area is 148 Å². The summed E-state index contributed by atoms with van der Waals surface area (Å²) < 4.78 is 16.1. The third-order valence-corrected chi connectivity index (χ3v) is 4.29. The molecule has 26 heavy (non-hydrogen) atoms. The molecule has 2 aromatic carbocycles. The molecule has 0 aliphatic heterocycles. The van der Waals surface area contributed by atoms with Crippen molar-refractivity contribution >= 4 is 27.9 Å². The first-order valence-corrected chi connectivity index (χ1v) is 8.35. The Kier molecular flexibility index (Phi) is 4.05. The minimum absolute atomic E-state index is 0.0382. The van der Waals surface area contributed by atoms with Crippen LogP contribution in [0.2, 0.25) is 0 Å². The van der Waals surface area contributed by atoms with Crippen LogP contribution in [0.15, 0.2) is 68.2 Å². The Hall–Kier alpha value is -3.34. The largest absolute Gasteiger partial charge is 0.455 e. The fourth-order valence-corrected chi connectivity index (χ4v) is 2.91. The number of benzene rings is 2. The third-order valence-electron chi connectivity index (χ3n) is 4.29. The highest BCUT2D eigenvalue weighted by Gasteiger charge is 2.15. The van der Waals surface area contributed by atoms with Gasteiger partial charge in [0, 0.05) is 22.4 Å². The summed E-state index contributed by atoms with van der Waals surface area (Å²) in [5.41, 5.74) is 2.31. The first-order valence-electron chi connectivity index (χ1n) is 8.35. The monoisotopic (exact) mass is 348 g/mol. The van der Waals surface area contributed by atoms with Gasteiger partial charge in [-0.15, -0.1) is 0 Å². The van der Waals surface area contributed by atoms with Crippen LogP contribution in [-0.2, 0) is 17.8 Å². The highest BCUT2D eigenvalue weighted by Crippen LogP contribution is 2.22. The van der Waals surface area contributed by atoms with Crippen LogP contribution in [-0.4, -0.2) is 5.97 Å². The van der Waals surface area contributed by atoms with Gasteiger partial charge >= 0.3 is 11.6 Å². The van der Waals surface area contributed by atoms with E-state index < -0.39 is 11.6 Å². The predicted octanol–water partition coefficient (Wildman–Crippen LogP) is 4.46. The maximum absolute atomic E-state index is 12.3. The minimum atomic E-state index is -0.576. The van der Waals surface area contributed by atoms with Gasteiger partial charge in [0.2, 0.25) is 5.76 Å². The van der Waals surface area contributed by atoms with Crippen molar-refractivity contribution in [3.63, 3.8) is 0 Å². The molecule has 4 rings (SSSR count). The van der Waals surface area contributed by atoms with Gasteiger partial charge in [0.05, 0.1) is 0 Å². The minimum Gasteiger partial charge on any atom is -0.455 e. The molecule has 130 valence electrons. The molecule has 4 aromatic rings. The molecule has 0 unspecified atom stereocenters. The average Bonchev–Trinajstić information content (AvgIpc) is 3.09. The van der Waals surface area contributed by atoms with Crippen LogP contribution in [0.25, 0.3) is 21.9 Å². The van der Waals surface area contributed by atoms with Crippen molar-refractivity contribution in [2.24, 2.45) is 0 Å². The number of ether oxygens (including phenoxy) is 1. The van der Waals surface area contributed by atoms with Crippen LogP contribution in [0, 0.1) is 0 Å². The topological polar surface area (TPSA) is 69.7 Å². The molecule has 2 aromatic heterocycles. The molecule has 0 radical (unpaired) electrons. The standard InChI is InChI=1S/C21H16O5/c1-2-13-7-8-16-15(11-20(22)26-18(16)9-13)12-24-21(23)19-10-14-5-3-4-6-17(14)25-19/h3-11H,2,12H2,1H3. The summed E-state index contributed by atoms with van der Waals surface area (Å²) in [7, 11) is 0. The first kappa shape index (κ1) is 16.1. The number of hydrogen-bond acceptors (Lipinski definition) is 5. The highest BCUT2D eigenvalue weighted by atomic mass is 16.5. The molecule has 0 N–H and O–H groups in total. The number of aryl methyl sites for hydroxylation is 1. The van der Waals surface area contributed by atoms with Gasteiger partial charge in [0.1, 0.15) is 17.8 Å². The Morgan fingerprint density at radius 1 is 1.00 bits per heavy atom. The molecule has 2 heterocycles. The van der Waals surface area contributed by atoms with E-state index in [1.54, 1.807) is 12.1 Å². The molecular weight excluding hydrogens is 332 g/mol. The number of furan rings is 1. The summed E-state index contributed by atoms with van der Waals surface area (Å²) in [5.74, 6) is -0.445. The van der Waals surface area contributed by atoms with Gasteiger partial charge < -0.3 is 13.6 Å². The Morgan fingerprint density at radius 2 is 1.85 bits per heavy atom. The molecule has 0 bridgehead atoms. The van der Waals surface area contributed by atoms with Crippen molar-refractivity contribution in [1.82, 2.24) is 0 Å². The van der Waals surface area contributed by atoms with Gasteiger partial charge in [-0.05, 0) is 30.2 Å². The lowest BCUT2D eigenvalue weighted by atomic mass is 10.1. The van der Waals surface area contributed by atoms with E-state index in [-0.39, 0.29) is 12.4 Å². The zero-order chi connectivity index (χ0) is 18.1. The number of para-hydroxylation sites is 1. The number of hydrogen-bond donors (Lipinski definition) is 0. The van der Waals surface area contributed by atoms with Gasteiger partial charge in [-0.2, -0.15) is 0 Å². The summed E-state index contributed by atoms with van der Waals surface area (Å²) in [4.78, 5) is 24.1. The van der Waals surface area contributed by atoms with Crippen molar-refractivity contribution in [1.29, 1.82) is 0 Å². The average molecular weight is 348 g/mol. The zero-order valence-electron chi connectivity index (χ0n) is 14.2. The van der Waals surface area contributed by atoms with Crippen LogP contribution in [0.1, 0.15) is 28.6 Å². The molecule has 0 atom stereocenters. The maximum Gasteiger partial charge on any atom is 0.374 e. The van der Waals surface area contributed by atoms with E-state index in [9.17, 15) is 9.59 Å². The van der Waals surface area contributed by atoms with Crippen LogP contribution < -0.4 is 5.63 Å². The molecule has 5 heteroatoms. The molecular formula is C21H16O5. The second kappa shape index (κ2) is 6.52. The van der Waals surface area contributed by atoms with Crippen LogP contribution >= 0.6 is 0 Å². The number of carbonyl (C=O) groups is 1. The molecule has 5 nitrogen and oxygen atoms in total. The number of fused-ring (bicyclic) bond motifs is 2. The Bertz CT molecular complexity index is 1130. The quantitative estimate of drug-likeness (QED) is 0.402. The molecule has 0 aliphatic rings. The van der Waals surface area contributed by atoms with E-state index in [1.807, 2.05) is 43.3 Å². The third kappa shape index (κ3) is 2.99. The first-order chi connectivity index (χ1) is 12.6. The van der Waals surface area contributed by atoms with Crippen molar-refractivity contribution in [3.05, 3.63) is 81.9 Å². The summed E-state index contributed by atoms with van der Waals surface area (Å²) in [6.45, 7) is 1.99. The van der Waals surface area contributed by atoms with E-state index in [0.29, 0.717) is 16.7 Å². The van der Waals surface area contributed by atoms with Crippen LogP contribution in [0.5, 0.6) is 0 Å². The van der Waals surface area contributed by atoms with E-state index in [4.69, 9.17) is 13.6 Å². The van der Waals surface area contributed by atoms with Crippen molar-refractivity contribution in [2.75, 3.05) is 0 Å². The summed E-state index contributed by atoms with van der Waals surface area (Å²) in [6.07, 6.45) is 0.838. The zero-order valence-corrected chi connectivity index (χ0v) is 14.2. The lowest BCUT2D eigenvalue weighted by Crippen LogP contribution is -2.07. The van der Waals surface area contributed by atoms with Crippen molar-refractivity contribution < 1.29 is 18.4 Å². The fraction of sp³-hybridized carbons (Fsp3) is 0.143. The van der Waals surface area contributed by atoms with E-state index in [0.717, 1.165) is 22.8 Å².